The summed E-state index contributed by atoms with van der Waals surface area (Å²) in [7, 11) is 0. The van der Waals surface area contributed by atoms with Gasteiger partial charge >= 0.3 is 0 Å². The summed E-state index contributed by atoms with van der Waals surface area (Å²) >= 11 is 1.54. The summed E-state index contributed by atoms with van der Waals surface area (Å²) in [6.07, 6.45) is 0. The monoisotopic (exact) mass is 274 g/mol. The van der Waals surface area contributed by atoms with Crippen molar-refractivity contribution < 1.29 is 9.90 Å². The van der Waals surface area contributed by atoms with Gasteiger partial charge in [0.2, 0.25) is 0 Å². The molecule has 98 valence electrons. The van der Waals surface area contributed by atoms with Crippen molar-refractivity contribution in [2.45, 2.75) is 10.6 Å². The average molecular weight is 274 g/mol. The van der Waals surface area contributed by atoms with E-state index in [1.807, 2.05) is 24.3 Å². The molecule has 0 aliphatic rings. The van der Waals surface area contributed by atoms with Crippen LogP contribution in [0.15, 0.2) is 53.4 Å². The molecule has 0 heterocycles. The lowest BCUT2D eigenvalue weighted by atomic mass is 10.1. The van der Waals surface area contributed by atoms with E-state index in [0.717, 1.165) is 16.2 Å². The number of hydrogen-bond donors (Lipinski definition) is 3. The smallest absolute Gasteiger partial charge is 0.265 e. The fourth-order valence-corrected chi connectivity index (χ4v) is 2.48. The first-order valence-corrected chi connectivity index (χ1v) is 6.70. The minimum atomic E-state index is -0.306. The Balaban J connectivity index is 2.01. The van der Waals surface area contributed by atoms with Crippen LogP contribution in [0.4, 0.5) is 0 Å². The van der Waals surface area contributed by atoms with E-state index in [9.17, 15) is 9.90 Å². The predicted molar refractivity (Wildman–Crippen MR) is 75.8 cm³/mol. The second-order valence-electron chi connectivity index (χ2n) is 3.93. The number of phenolic OH excluding ortho intramolecular Hbond substituents is 1. The molecule has 0 saturated heterocycles. The third-order valence-electron chi connectivity index (χ3n) is 2.61. The first-order chi connectivity index (χ1) is 9.20. The molecule has 4 nitrogen and oxygen atoms in total. The molecule has 5 heteroatoms. The summed E-state index contributed by atoms with van der Waals surface area (Å²) in [4.78, 5) is 12.1. The number of aromatic hydroxyl groups is 1. The van der Waals surface area contributed by atoms with Gasteiger partial charge in [-0.3, -0.25) is 10.2 Å². The molecule has 2 aromatic carbocycles. The van der Waals surface area contributed by atoms with Crippen LogP contribution < -0.4 is 11.3 Å². The van der Waals surface area contributed by atoms with Crippen molar-refractivity contribution in [2.75, 3.05) is 0 Å². The number of carbonyl (C=O) groups excluding carboxylic acids is 1. The van der Waals surface area contributed by atoms with Gasteiger partial charge in [-0.15, -0.1) is 11.8 Å². The quantitative estimate of drug-likeness (QED) is 0.346. The maximum atomic E-state index is 11.3. The van der Waals surface area contributed by atoms with Crippen molar-refractivity contribution in [3.05, 3.63) is 59.7 Å². The minimum Gasteiger partial charge on any atom is -0.507 e. The number of nitrogens with two attached hydrogens (primary N) is 1. The van der Waals surface area contributed by atoms with Crippen molar-refractivity contribution in [1.29, 1.82) is 0 Å². The molecule has 2 aromatic rings. The van der Waals surface area contributed by atoms with Gasteiger partial charge in [0.25, 0.3) is 5.91 Å². The average Bonchev–Trinajstić information content (AvgIpc) is 2.46. The van der Waals surface area contributed by atoms with Crippen LogP contribution in [0.25, 0.3) is 0 Å². The van der Waals surface area contributed by atoms with E-state index in [0.29, 0.717) is 5.56 Å². The Labute approximate surface area is 115 Å². The molecule has 0 aliphatic carbocycles. The molecule has 0 bridgehead atoms. The fourth-order valence-electron chi connectivity index (χ4n) is 1.58. The zero-order valence-electron chi connectivity index (χ0n) is 10.2. The van der Waals surface area contributed by atoms with Crippen LogP contribution in [-0.4, -0.2) is 11.0 Å². The first-order valence-electron chi connectivity index (χ1n) is 5.71. The second-order valence-corrected chi connectivity index (χ2v) is 4.94. The highest BCUT2D eigenvalue weighted by Crippen LogP contribution is 2.30. The van der Waals surface area contributed by atoms with Crippen LogP contribution in [0.2, 0.25) is 0 Å². The molecular weight excluding hydrogens is 260 g/mol. The Kier molecular flexibility index (Phi) is 4.43. The number of rotatable bonds is 4. The maximum absolute atomic E-state index is 11.3. The zero-order valence-corrected chi connectivity index (χ0v) is 11.0. The van der Waals surface area contributed by atoms with Crippen molar-refractivity contribution in [2.24, 2.45) is 5.84 Å². The number of para-hydroxylation sites is 1. The van der Waals surface area contributed by atoms with E-state index in [4.69, 9.17) is 5.84 Å². The summed E-state index contributed by atoms with van der Waals surface area (Å²) in [5, 5.41) is 9.65. The highest BCUT2D eigenvalue weighted by Gasteiger charge is 2.04. The number of carbonyl (C=O) groups is 1. The molecule has 0 aromatic heterocycles. The van der Waals surface area contributed by atoms with E-state index in [1.54, 1.807) is 36.0 Å². The van der Waals surface area contributed by atoms with Crippen molar-refractivity contribution in [3.8, 4) is 5.75 Å². The number of amides is 1. The molecule has 0 fully saturated rings. The van der Waals surface area contributed by atoms with Crippen molar-refractivity contribution in [3.63, 3.8) is 0 Å². The molecular formula is C14H14N2O2S. The summed E-state index contributed by atoms with van der Waals surface area (Å²) in [6, 6.07) is 14.4. The largest absolute Gasteiger partial charge is 0.507 e. The van der Waals surface area contributed by atoms with E-state index in [1.165, 1.54) is 0 Å². The highest BCUT2D eigenvalue weighted by atomic mass is 32.2. The zero-order chi connectivity index (χ0) is 13.7. The van der Waals surface area contributed by atoms with Crippen LogP contribution in [0, 0.1) is 0 Å². The maximum Gasteiger partial charge on any atom is 0.265 e. The van der Waals surface area contributed by atoms with Gasteiger partial charge in [0.05, 0.1) is 0 Å². The van der Waals surface area contributed by atoms with Gasteiger partial charge < -0.3 is 5.11 Å². The first kappa shape index (κ1) is 13.5. The topological polar surface area (TPSA) is 75.3 Å². The number of benzene rings is 2. The molecule has 0 radical (unpaired) electrons. The number of hydrogen-bond acceptors (Lipinski definition) is 4. The lowest BCUT2D eigenvalue weighted by Gasteiger charge is -2.05. The molecule has 0 unspecified atom stereocenters. The lowest BCUT2D eigenvalue weighted by molar-refractivity contribution is 0.0953. The van der Waals surface area contributed by atoms with E-state index < -0.39 is 0 Å². The standard InChI is InChI=1S/C14H14N2O2S/c15-16-14(18)11-7-5-10(6-8-11)9-19-13-4-2-1-3-12(13)17/h1-8,17H,9,15H2,(H,16,18). The number of phenols is 1. The van der Waals surface area contributed by atoms with Gasteiger partial charge in [0.1, 0.15) is 5.75 Å². The Morgan fingerprint density at radius 3 is 2.47 bits per heavy atom. The Morgan fingerprint density at radius 1 is 1.16 bits per heavy atom. The number of hydrazine groups is 1. The van der Waals surface area contributed by atoms with E-state index in [2.05, 4.69) is 5.43 Å². The minimum absolute atomic E-state index is 0.284. The fraction of sp³-hybridized carbons (Fsp3) is 0.0714. The number of nitrogen functional groups attached to an aromatic ring is 1. The third-order valence-corrected chi connectivity index (χ3v) is 3.74. The van der Waals surface area contributed by atoms with Gasteiger partial charge in [-0.25, -0.2) is 5.84 Å². The van der Waals surface area contributed by atoms with Crippen LogP contribution in [0.5, 0.6) is 5.75 Å². The van der Waals surface area contributed by atoms with Crippen molar-refractivity contribution in [1.82, 2.24) is 5.43 Å². The molecule has 0 saturated carbocycles. The molecule has 0 spiro atoms. The molecule has 19 heavy (non-hydrogen) atoms. The Hall–Kier alpha value is -1.98. The van der Waals surface area contributed by atoms with Crippen LogP contribution >= 0.6 is 11.8 Å². The summed E-state index contributed by atoms with van der Waals surface area (Å²) < 4.78 is 0. The van der Waals surface area contributed by atoms with Crippen molar-refractivity contribution >= 4 is 17.7 Å². The summed E-state index contributed by atoms with van der Waals surface area (Å²) in [5.41, 5.74) is 3.69. The number of thioether (sulfide) groups is 1. The van der Waals surface area contributed by atoms with Gasteiger partial charge in [-0.05, 0) is 29.8 Å². The summed E-state index contributed by atoms with van der Waals surface area (Å²) in [5.74, 6) is 5.76. The second kappa shape index (κ2) is 6.26. The molecule has 1 amide bonds. The number of nitrogens with one attached hydrogen (secondary N) is 1. The molecule has 2 rings (SSSR count). The highest BCUT2D eigenvalue weighted by molar-refractivity contribution is 7.98. The van der Waals surface area contributed by atoms with E-state index in [-0.39, 0.29) is 11.7 Å². The van der Waals surface area contributed by atoms with Gasteiger partial charge in [0, 0.05) is 16.2 Å². The Morgan fingerprint density at radius 2 is 1.84 bits per heavy atom. The van der Waals surface area contributed by atoms with E-state index >= 15 is 0 Å². The summed E-state index contributed by atoms with van der Waals surface area (Å²) in [6.45, 7) is 0. The van der Waals surface area contributed by atoms with Gasteiger partial charge in [-0.1, -0.05) is 24.3 Å². The normalized spacial score (nSPS) is 10.2. The van der Waals surface area contributed by atoms with Crippen LogP contribution in [0.3, 0.4) is 0 Å². The van der Waals surface area contributed by atoms with Crippen LogP contribution in [0.1, 0.15) is 15.9 Å². The Bertz CT molecular complexity index is 570. The SMILES string of the molecule is NNC(=O)c1ccc(CSc2ccccc2O)cc1. The molecule has 4 N–H and O–H groups in total. The van der Waals surface area contributed by atoms with Gasteiger partial charge in [-0.2, -0.15) is 0 Å². The van der Waals surface area contributed by atoms with Crippen LogP contribution in [-0.2, 0) is 5.75 Å². The molecule has 0 atom stereocenters. The molecule has 0 aliphatic heterocycles. The lowest BCUT2D eigenvalue weighted by Crippen LogP contribution is -2.29. The predicted octanol–water partition coefficient (Wildman–Crippen LogP) is 2.29. The van der Waals surface area contributed by atoms with Gasteiger partial charge in [0.15, 0.2) is 0 Å². The third kappa shape index (κ3) is 3.49.